The van der Waals surface area contributed by atoms with Crippen molar-refractivity contribution in [2.24, 2.45) is 56.2 Å². The molecule has 190 valence electrons. The van der Waals surface area contributed by atoms with Crippen LogP contribution in [0.25, 0.3) is 4.85 Å². The van der Waals surface area contributed by atoms with Gasteiger partial charge in [0.15, 0.2) is 5.78 Å². The Kier molecular flexibility index (Phi) is 5.14. The topological polar surface area (TPSA) is 38.5 Å². The van der Waals surface area contributed by atoms with Crippen LogP contribution in [-0.4, -0.2) is 11.6 Å². The number of hydrogen-bond donors (Lipinski definition) is 0. The first-order valence-electron chi connectivity index (χ1n) is 13.9. The molecule has 0 saturated heterocycles. The fraction of sp³-hybridized carbons (Fsp3) is 0.781. The number of rotatable bonds is 1. The lowest BCUT2D eigenvalue weighted by Crippen LogP contribution is -2.68. The summed E-state index contributed by atoms with van der Waals surface area (Å²) in [5.41, 5.74) is -0.291. The Morgan fingerprint density at radius 2 is 1.60 bits per heavy atom. The molecular weight excluding hydrogens is 430 g/mol. The lowest BCUT2D eigenvalue weighted by molar-refractivity contribution is -0.217. The minimum Gasteiger partial charge on any atom is -0.307 e. The highest BCUT2D eigenvalue weighted by Gasteiger charge is 2.71. The quantitative estimate of drug-likeness (QED) is 0.286. The second-order valence-corrected chi connectivity index (χ2v) is 15.1. The fourth-order valence-electron chi connectivity index (χ4n) is 10.7. The van der Waals surface area contributed by atoms with Gasteiger partial charge in [-0.05, 0) is 89.8 Å². The number of Topliss-reactive ketones (excluding diaryl/α,β-unsaturated/α-hetero) is 2. The highest BCUT2D eigenvalue weighted by atomic mass is 16.1. The molecule has 8 atom stereocenters. The van der Waals surface area contributed by atoms with Crippen molar-refractivity contribution in [1.82, 2.24) is 0 Å². The monoisotopic (exact) mass is 475 g/mol. The molecule has 0 aromatic carbocycles. The molecule has 0 radical (unpaired) electrons. The zero-order valence-electron chi connectivity index (χ0n) is 23.1. The van der Waals surface area contributed by atoms with Crippen LogP contribution in [0.2, 0.25) is 0 Å². The highest BCUT2D eigenvalue weighted by Crippen LogP contribution is 2.75. The van der Waals surface area contributed by atoms with Crippen LogP contribution >= 0.6 is 0 Å². The fourth-order valence-corrected chi connectivity index (χ4v) is 10.7. The number of nitrogens with zero attached hydrogens (tertiary/aromatic N) is 1. The Labute approximate surface area is 213 Å². The summed E-state index contributed by atoms with van der Waals surface area (Å²) in [6.07, 6.45) is 12.5. The van der Waals surface area contributed by atoms with E-state index >= 15 is 0 Å². The maximum Gasteiger partial charge on any atom is 0.226 e. The number of hydrogen-bond acceptors (Lipinski definition) is 2. The van der Waals surface area contributed by atoms with E-state index in [-0.39, 0.29) is 50.6 Å². The molecule has 35 heavy (non-hydrogen) atoms. The number of ketones is 2. The van der Waals surface area contributed by atoms with Crippen molar-refractivity contribution in [2.75, 3.05) is 0 Å². The van der Waals surface area contributed by atoms with Crippen molar-refractivity contribution in [3.05, 3.63) is 35.8 Å². The van der Waals surface area contributed by atoms with Gasteiger partial charge in [0.05, 0.1) is 6.57 Å². The summed E-state index contributed by atoms with van der Waals surface area (Å²) >= 11 is 0. The predicted octanol–water partition coefficient (Wildman–Crippen LogP) is 7.83. The molecule has 0 aliphatic heterocycles. The van der Waals surface area contributed by atoms with Crippen LogP contribution in [0.4, 0.5) is 0 Å². The smallest absolute Gasteiger partial charge is 0.226 e. The zero-order valence-corrected chi connectivity index (χ0v) is 23.1. The molecule has 0 heterocycles. The normalized spacial score (nSPS) is 49.9. The van der Waals surface area contributed by atoms with Crippen LogP contribution < -0.4 is 0 Å². The highest BCUT2D eigenvalue weighted by molar-refractivity contribution is 6.02. The zero-order chi connectivity index (χ0) is 25.8. The van der Waals surface area contributed by atoms with Crippen LogP contribution in [0.5, 0.6) is 0 Å². The third-order valence-electron chi connectivity index (χ3n) is 12.9. The van der Waals surface area contributed by atoms with E-state index in [4.69, 9.17) is 6.57 Å². The summed E-state index contributed by atoms with van der Waals surface area (Å²) in [5, 5.41) is 0. The van der Waals surface area contributed by atoms with E-state index in [1.165, 1.54) is 6.42 Å². The molecule has 5 aliphatic rings. The van der Waals surface area contributed by atoms with Crippen LogP contribution in [0.3, 0.4) is 0 Å². The van der Waals surface area contributed by atoms with E-state index in [1.807, 2.05) is 19.9 Å². The lowest BCUT2D eigenvalue weighted by Gasteiger charge is -2.72. The number of carbonyl (C=O) groups excluding carboxylic acids is 2. The van der Waals surface area contributed by atoms with Crippen molar-refractivity contribution in [3.8, 4) is 0 Å². The van der Waals surface area contributed by atoms with Gasteiger partial charge in [0.2, 0.25) is 5.70 Å². The summed E-state index contributed by atoms with van der Waals surface area (Å²) in [7, 11) is 0. The molecule has 3 heteroatoms. The predicted molar refractivity (Wildman–Crippen MR) is 140 cm³/mol. The van der Waals surface area contributed by atoms with Gasteiger partial charge in [0, 0.05) is 17.8 Å². The summed E-state index contributed by atoms with van der Waals surface area (Å²) in [4.78, 5) is 31.3. The Bertz CT molecular complexity index is 1070. The molecule has 5 aliphatic carbocycles. The Balaban J connectivity index is 1.64. The molecule has 0 N–H and O–H groups in total. The maximum absolute atomic E-state index is 14.4. The molecule has 3 nitrogen and oxygen atoms in total. The second kappa shape index (κ2) is 7.20. The molecule has 0 amide bonds. The van der Waals surface area contributed by atoms with Crippen LogP contribution in [0.1, 0.15) is 99.8 Å². The van der Waals surface area contributed by atoms with Crippen molar-refractivity contribution in [2.45, 2.75) is 99.8 Å². The molecule has 4 saturated carbocycles. The van der Waals surface area contributed by atoms with E-state index in [1.54, 1.807) is 0 Å². The molecule has 0 spiro atoms. The third-order valence-corrected chi connectivity index (χ3v) is 12.9. The van der Waals surface area contributed by atoms with Gasteiger partial charge in [-0.2, -0.15) is 0 Å². The van der Waals surface area contributed by atoms with Gasteiger partial charge in [0.1, 0.15) is 5.78 Å². The molecular formula is C32H45NO2. The first-order valence-corrected chi connectivity index (χ1v) is 13.9. The maximum atomic E-state index is 14.4. The van der Waals surface area contributed by atoms with Crippen molar-refractivity contribution < 1.29 is 9.59 Å². The van der Waals surface area contributed by atoms with E-state index < -0.39 is 5.41 Å². The summed E-state index contributed by atoms with van der Waals surface area (Å²) in [6.45, 7) is 28.1. The molecule has 0 aromatic heterocycles. The molecule has 0 aromatic rings. The molecule has 0 unspecified atom stereocenters. The average Bonchev–Trinajstić information content (AvgIpc) is 2.77. The lowest BCUT2D eigenvalue weighted by atomic mass is 9.31. The van der Waals surface area contributed by atoms with Gasteiger partial charge in [-0.15, -0.1) is 6.58 Å². The number of fused-ring (bicyclic) bond motifs is 7. The first-order chi connectivity index (χ1) is 16.1. The number of allylic oxidation sites excluding steroid dienone is 3. The first kappa shape index (κ1) is 25.0. The summed E-state index contributed by atoms with van der Waals surface area (Å²) in [6, 6.07) is 0. The summed E-state index contributed by atoms with van der Waals surface area (Å²) < 4.78 is 0. The molecule has 4 fully saturated rings. The minimum absolute atomic E-state index is 0.00580. The van der Waals surface area contributed by atoms with Gasteiger partial charge in [-0.3, -0.25) is 4.79 Å². The standard InChI is InChI=1S/C32H45NO2/c1-10-32-15-13-27(2,3)18-20(32)25-22(34)17-24-29(6)19-21(33-9)26(35)28(4,5)23(29)11-12-30(24,7)31(25,8)14-16-32/h10,19-20,23-25H,1,11-18H2,2-8H3/t20-,23-,24+,25-,29-,30+,31+,32+/m0/s1. The van der Waals surface area contributed by atoms with Crippen molar-refractivity contribution in [3.63, 3.8) is 0 Å². The van der Waals surface area contributed by atoms with E-state index in [0.29, 0.717) is 23.8 Å². The second-order valence-electron chi connectivity index (χ2n) is 15.1. The van der Waals surface area contributed by atoms with Crippen LogP contribution in [0, 0.1) is 62.7 Å². The Hall–Kier alpha value is -1.69. The van der Waals surface area contributed by atoms with Gasteiger partial charge < -0.3 is 4.79 Å². The Morgan fingerprint density at radius 1 is 0.943 bits per heavy atom. The van der Waals surface area contributed by atoms with E-state index in [0.717, 1.165) is 38.5 Å². The largest absolute Gasteiger partial charge is 0.307 e. The van der Waals surface area contributed by atoms with Gasteiger partial charge in [-0.1, -0.05) is 60.6 Å². The van der Waals surface area contributed by atoms with Gasteiger partial charge >= 0.3 is 0 Å². The minimum atomic E-state index is -0.566. The average molecular weight is 476 g/mol. The van der Waals surface area contributed by atoms with Crippen LogP contribution in [0.15, 0.2) is 24.4 Å². The third kappa shape index (κ3) is 2.95. The van der Waals surface area contributed by atoms with Crippen molar-refractivity contribution >= 4 is 11.6 Å². The molecule has 0 bridgehead atoms. The summed E-state index contributed by atoms with van der Waals surface area (Å²) in [5.74, 6) is 1.22. The number of carbonyl (C=O) groups is 2. The van der Waals surface area contributed by atoms with E-state index in [2.05, 4.69) is 52.1 Å². The van der Waals surface area contributed by atoms with Gasteiger partial charge in [-0.25, -0.2) is 4.85 Å². The molecule has 5 rings (SSSR count). The van der Waals surface area contributed by atoms with Crippen LogP contribution in [-0.2, 0) is 9.59 Å². The Morgan fingerprint density at radius 3 is 2.23 bits per heavy atom. The van der Waals surface area contributed by atoms with Crippen molar-refractivity contribution in [1.29, 1.82) is 0 Å². The van der Waals surface area contributed by atoms with Gasteiger partial charge in [0.25, 0.3) is 0 Å². The SMILES string of the molecule is [C-]#[N+]C1=C[C@]2(C)[C@H]3CC(=O)[C@@H]4[C@@H]5CC(C)(C)CC[C@]5(C=C)CC[C@@]4(C)[C@]3(C)CC[C@H]2C(C)(C)C1=O. The van der Waals surface area contributed by atoms with E-state index in [9.17, 15) is 9.59 Å².